The Bertz CT molecular complexity index is 1020. The van der Waals surface area contributed by atoms with Crippen LogP contribution in [0.5, 0.6) is 0 Å². The van der Waals surface area contributed by atoms with Crippen molar-refractivity contribution < 1.29 is 18.7 Å². The van der Waals surface area contributed by atoms with Gasteiger partial charge in [0.15, 0.2) is 5.76 Å². The van der Waals surface area contributed by atoms with Crippen LogP contribution in [0.1, 0.15) is 23.0 Å². The zero-order chi connectivity index (χ0) is 19.9. The maximum absolute atomic E-state index is 12.5. The SMILES string of the molecule is CCOC(=O)C=Cc1cccc(NC(=O)c2ccc(-c3cccc(Cl)c3)o2)c1. The normalized spacial score (nSPS) is 10.8. The van der Waals surface area contributed by atoms with Gasteiger partial charge in [0.05, 0.1) is 6.61 Å². The van der Waals surface area contributed by atoms with Gasteiger partial charge >= 0.3 is 5.97 Å². The Morgan fingerprint density at radius 1 is 1.11 bits per heavy atom. The van der Waals surface area contributed by atoms with Gasteiger partial charge in [-0.3, -0.25) is 4.79 Å². The molecule has 2 aromatic carbocycles. The van der Waals surface area contributed by atoms with Gasteiger partial charge in [0.1, 0.15) is 5.76 Å². The van der Waals surface area contributed by atoms with Gasteiger partial charge in [-0.05, 0) is 55.0 Å². The first-order chi connectivity index (χ1) is 13.5. The van der Waals surface area contributed by atoms with Crippen LogP contribution in [0.4, 0.5) is 5.69 Å². The molecular formula is C22H18ClNO4. The van der Waals surface area contributed by atoms with Crippen molar-refractivity contribution in [2.75, 3.05) is 11.9 Å². The molecule has 3 rings (SSSR count). The summed E-state index contributed by atoms with van der Waals surface area (Å²) in [7, 11) is 0. The van der Waals surface area contributed by atoms with Crippen molar-refractivity contribution in [3.63, 3.8) is 0 Å². The van der Waals surface area contributed by atoms with Gasteiger partial charge in [-0.2, -0.15) is 0 Å². The molecule has 1 N–H and O–H groups in total. The third-order valence-corrected chi connectivity index (χ3v) is 4.02. The lowest BCUT2D eigenvalue weighted by Crippen LogP contribution is -2.10. The molecule has 0 aliphatic rings. The average molecular weight is 396 g/mol. The number of ether oxygens (including phenoxy) is 1. The lowest BCUT2D eigenvalue weighted by Gasteiger charge is -2.04. The summed E-state index contributed by atoms with van der Waals surface area (Å²) in [6.45, 7) is 2.06. The molecule has 0 radical (unpaired) electrons. The fourth-order valence-electron chi connectivity index (χ4n) is 2.52. The molecule has 0 saturated carbocycles. The summed E-state index contributed by atoms with van der Waals surface area (Å²) >= 11 is 5.99. The largest absolute Gasteiger partial charge is 0.463 e. The molecule has 1 heterocycles. The number of anilines is 1. The Hall–Kier alpha value is -3.31. The number of hydrogen-bond acceptors (Lipinski definition) is 4. The van der Waals surface area contributed by atoms with Crippen LogP contribution in [-0.2, 0) is 9.53 Å². The molecule has 6 heteroatoms. The summed E-state index contributed by atoms with van der Waals surface area (Å²) in [5.74, 6) is -0.0536. The first kappa shape index (κ1) is 19.5. The van der Waals surface area contributed by atoms with Crippen molar-refractivity contribution in [2.24, 2.45) is 0 Å². The monoisotopic (exact) mass is 395 g/mol. The lowest BCUT2D eigenvalue weighted by molar-refractivity contribution is -0.137. The Labute approximate surface area is 167 Å². The number of benzene rings is 2. The zero-order valence-corrected chi connectivity index (χ0v) is 15.9. The third kappa shape index (κ3) is 5.11. The van der Waals surface area contributed by atoms with Crippen LogP contribution in [0.15, 0.2) is 71.2 Å². The van der Waals surface area contributed by atoms with E-state index in [1.165, 1.54) is 6.08 Å². The minimum atomic E-state index is -0.416. The number of carbonyl (C=O) groups excluding carboxylic acids is 2. The summed E-state index contributed by atoms with van der Waals surface area (Å²) < 4.78 is 10.5. The second kappa shape index (κ2) is 9.06. The second-order valence-electron chi connectivity index (χ2n) is 5.84. The first-order valence-electron chi connectivity index (χ1n) is 8.67. The number of halogens is 1. The Balaban J connectivity index is 1.70. The number of esters is 1. The molecule has 28 heavy (non-hydrogen) atoms. The van der Waals surface area contributed by atoms with Crippen LogP contribution in [0, 0.1) is 0 Å². The highest BCUT2D eigenvalue weighted by Gasteiger charge is 2.13. The van der Waals surface area contributed by atoms with Crippen molar-refractivity contribution >= 4 is 35.2 Å². The van der Waals surface area contributed by atoms with Crippen molar-refractivity contribution in [1.29, 1.82) is 0 Å². The molecular weight excluding hydrogens is 378 g/mol. The van der Waals surface area contributed by atoms with Crippen molar-refractivity contribution in [2.45, 2.75) is 6.92 Å². The molecule has 0 spiro atoms. The molecule has 0 aliphatic heterocycles. The number of nitrogens with one attached hydrogen (secondary N) is 1. The summed E-state index contributed by atoms with van der Waals surface area (Å²) in [4.78, 5) is 23.9. The number of carbonyl (C=O) groups is 2. The summed E-state index contributed by atoms with van der Waals surface area (Å²) in [6.07, 6.45) is 2.96. The zero-order valence-electron chi connectivity index (χ0n) is 15.1. The van der Waals surface area contributed by atoms with Crippen molar-refractivity contribution in [3.05, 3.63) is 83.1 Å². The summed E-state index contributed by atoms with van der Waals surface area (Å²) in [6, 6.07) is 17.6. The number of rotatable bonds is 6. The van der Waals surface area contributed by atoms with Crippen LogP contribution >= 0.6 is 11.6 Å². The van der Waals surface area contributed by atoms with E-state index in [1.807, 2.05) is 18.2 Å². The smallest absolute Gasteiger partial charge is 0.330 e. The van der Waals surface area contributed by atoms with Gasteiger partial charge in [0.2, 0.25) is 0 Å². The van der Waals surface area contributed by atoms with Gasteiger partial charge in [-0.15, -0.1) is 0 Å². The molecule has 0 unspecified atom stereocenters. The second-order valence-corrected chi connectivity index (χ2v) is 6.28. The minimum absolute atomic E-state index is 0.183. The molecule has 3 aromatic rings. The van der Waals surface area contributed by atoms with E-state index in [0.29, 0.717) is 23.1 Å². The van der Waals surface area contributed by atoms with Crippen LogP contribution in [-0.4, -0.2) is 18.5 Å². The predicted octanol–water partition coefficient (Wildman–Crippen LogP) is 5.43. The number of furan rings is 1. The van der Waals surface area contributed by atoms with E-state index in [9.17, 15) is 9.59 Å². The summed E-state index contributed by atoms with van der Waals surface area (Å²) in [5, 5.41) is 3.37. The summed E-state index contributed by atoms with van der Waals surface area (Å²) in [5.41, 5.74) is 2.12. The first-order valence-corrected chi connectivity index (χ1v) is 9.05. The molecule has 1 amide bonds. The fourth-order valence-corrected chi connectivity index (χ4v) is 2.71. The third-order valence-electron chi connectivity index (χ3n) is 3.78. The van der Waals surface area contributed by atoms with Crippen LogP contribution in [0.25, 0.3) is 17.4 Å². The maximum Gasteiger partial charge on any atom is 0.330 e. The molecule has 0 bridgehead atoms. The van der Waals surface area contributed by atoms with E-state index < -0.39 is 5.97 Å². The van der Waals surface area contributed by atoms with E-state index in [0.717, 1.165) is 11.1 Å². The molecule has 1 aromatic heterocycles. The van der Waals surface area contributed by atoms with E-state index >= 15 is 0 Å². The van der Waals surface area contributed by atoms with Gasteiger partial charge in [-0.1, -0.05) is 35.9 Å². The van der Waals surface area contributed by atoms with Gasteiger partial charge in [-0.25, -0.2) is 4.79 Å². The quantitative estimate of drug-likeness (QED) is 0.446. The van der Waals surface area contributed by atoms with Crippen LogP contribution in [0.2, 0.25) is 5.02 Å². The van der Waals surface area contributed by atoms with Crippen molar-refractivity contribution in [3.8, 4) is 11.3 Å². The standard InChI is InChI=1S/C22H18ClNO4/c1-2-27-21(25)12-9-15-5-3-8-18(13-15)24-22(26)20-11-10-19(28-20)16-6-4-7-17(23)14-16/h3-14H,2H2,1H3,(H,24,26). The molecule has 0 aliphatic carbocycles. The molecule has 0 fully saturated rings. The highest BCUT2D eigenvalue weighted by Crippen LogP contribution is 2.25. The van der Waals surface area contributed by atoms with E-state index in [4.69, 9.17) is 20.8 Å². The topological polar surface area (TPSA) is 68.5 Å². The highest BCUT2D eigenvalue weighted by atomic mass is 35.5. The van der Waals surface area contributed by atoms with Crippen LogP contribution < -0.4 is 5.32 Å². The molecule has 0 saturated heterocycles. The van der Waals surface area contributed by atoms with Crippen molar-refractivity contribution in [1.82, 2.24) is 0 Å². The fraction of sp³-hybridized carbons (Fsp3) is 0.0909. The predicted molar refractivity (Wildman–Crippen MR) is 109 cm³/mol. The number of amides is 1. The highest BCUT2D eigenvalue weighted by molar-refractivity contribution is 6.30. The molecule has 142 valence electrons. The molecule has 0 atom stereocenters. The molecule has 5 nitrogen and oxygen atoms in total. The Kier molecular flexibility index (Phi) is 6.29. The van der Waals surface area contributed by atoms with Gasteiger partial charge < -0.3 is 14.5 Å². The minimum Gasteiger partial charge on any atom is -0.463 e. The maximum atomic E-state index is 12.5. The lowest BCUT2D eigenvalue weighted by atomic mass is 10.2. The Morgan fingerprint density at radius 2 is 1.93 bits per heavy atom. The van der Waals surface area contributed by atoms with Crippen LogP contribution in [0.3, 0.4) is 0 Å². The average Bonchev–Trinajstić information content (AvgIpc) is 3.17. The Morgan fingerprint density at radius 3 is 2.71 bits per heavy atom. The van der Waals surface area contributed by atoms with E-state index in [1.54, 1.807) is 55.5 Å². The van der Waals surface area contributed by atoms with E-state index in [-0.39, 0.29) is 11.7 Å². The van der Waals surface area contributed by atoms with Gasteiger partial charge in [0, 0.05) is 22.3 Å². The van der Waals surface area contributed by atoms with E-state index in [2.05, 4.69) is 5.32 Å². The van der Waals surface area contributed by atoms with Gasteiger partial charge in [0.25, 0.3) is 5.91 Å². The number of hydrogen-bond donors (Lipinski definition) is 1.